The second-order valence-electron chi connectivity index (χ2n) is 6.52. The van der Waals surface area contributed by atoms with E-state index < -0.39 is 6.10 Å². The molecule has 0 saturated heterocycles. The van der Waals surface area contributed by atoms with Gasteiger partial charge in [-0.3, -0.25) is 4.90 Å². The zero-order valence-corrected chi connectivity index (χ0v) is 15.5. The summed E-state index contributed by atoms with van der Waals surface area (Å²) in [5.74, 6) is 1.82. The van der Waals surface area contributed by atoms with Crippen molar-refractivity contribution in [2.45, 2.75) is 18.6 Å². The van der Waals surface area contributed by atoms with Crippen LogP contribution in [0.4, 0.5) is 0 Å². The lowest BCUT2D eigenvalue weighted by molar-refractivity contribution is 0.0831. The van der Waals surface area contributed by atoms with Crippen molar-refractivity contribution in [1.82, 2.24) is 4.90 Å². The lowest BCUT2D eigenvalue weighted by atomic mass is 9.87. The average Bonchev–Trinajstić information content (AvgIpc) is 2.64. The van der Waals surface area contributed by atoms with Crippen molar-refractivity contribution in [3.63, 3.8) is 0 Å². The van der Waals surface area contributed by atoms with Gasteiger partial charge in [-0.05, 0) is 54.4 Å². The minimum atomic E-state index is -0.645. The van der Waals surface area contributed by atoms with Gasteiger partial charge in [0, 0.05) is 12.6 Å². The fraction of sp³-hybridized carbons (Fsp3) is 0.400. The van der Waals surface area contributed by atoms with E-state index in [9.17, 15) is 10.2 Å². The highest BCUT2D eigenvalue weighted by molar-refractivity contribution is 5.50. The summed E-state index contributed by atoms with van der Waals surface area (Å²) in [6.07, 6.45) is 0.0817. The fourth-order valence-corrected chi connectivity index (χ4v) is 3.57. The molecule has 0 bridgehead atoms. The molecule has 0 radical (unpaired) electrons. The first kappa shape index (κ1) is 18.4. The monoisotopic (exact) mass is 359 g/mol. The minimum absolute atomic E-state index is 0.0414. The lowest BCUT2D eigenvalue weighted by Crippen LogP contribution is -2.36. The second-order valence-corrected chi connectivity index (χ2v) is 6.52. The number of aliphatic hydroxyl groups is 1. The van der Waals surface area contributed by atoms with Gasteiger partial charge in [0.1, 0.15) is 0 Å². The molecular formula is C20H25NO5. The number of benzene rings is 2. The van der Waals surface area contributed by atoms with Gasteiger partial charge in [0.25, 0.3) is 0 Å². The maximum atomic E-state index is 10.4. The van der Waals surface area contributed by atoms with Crippen molar-refractivity contribution in [1.29, 1.82) is 0 Å². The van der Waals surface area contributed by atoms with Gasteiger partial charge in [0.2, 0.25) is 0 Å². The molecule has 0 saturated carbocycles. The average molecular weight is 359 g/mol. The highest BCUT2D eigenvalue weighted by Crippen LogP contribution is 2.42. The largest absolute Gasteiger partial charge is 0.504 e. The van der Waals surface area contributed by atoms with Crippen LogP contribution in [-0.4, -0.2) is 50.0 Å². The van der Waals surface area contributed by atoms with Crippen molar-refractivity contribution in [3.8, 4) is 23.0 Å². The Kier molecular flexibility index (Phi) is 5.25. The first-order valence-corrected chi connectivity index (χ1v) is 8.48. The zero-order chi connectivity index (χ0) is 18.8. The molecule has 0 amide bonds. The van der Waals surface area contributed by atoms with E-state index in [1.54, 1.807) is 20.3 Å². The molecule has 1 aliphatic heterocycles. The van der Waals surface area contributed by atoms with Gasteiger partial charge in [-0.15, -0.1) is 0 Å². The molecule has 0 unspecified atom stereocenters. The quantitative estimate of drug-likeness (QED) is 0.855. The number of ether oxygens (including phenoxy) is 3. The molecule has 0 aliphatic carbocycles. The Labute approximate surface area is 153 Å². The third-order valence-corrected chi connectivity index (χ3v) is 4.97. The van der Waals surface area contributed by atoms with Crippen molar-refractivity contribution in [2.75, 3.05) is 34.9 Å². The Morgan fingerprint density at radius 1 is 0.962 bits per heavy atom. The van der Waals surface area contributed by atoms with Gasteiger partial charge in [-0.1, -0.05) is 6.07 Å². The first-order chi connectivity index (χ1) is 12.5. The highest BCUT2D eigenvalue weighted by atomic mass is 16.5. The number of methoxy groups -OCH3 is 3. The van der Waals surface area contributed by atoms with Gasteiger partial charge in [0.05, 0.1) is 27.4 Å². The second kappa shape index (κ2) is 7.43. The molecular weight excluding hydrogens is 334 g/mol. The van der Waals surface area contributed by atoms with E-state index in [1.165, 1.54) is 7.11 Å². The number of β-amino-alcohol motifs (C(OH)–C–C–N with tert-alkyl or cyclic N) is 1. The molecule has 1 aliphatic rings. The SMILES string of the molecule is COc1cc2c(cc1O)[C@@H](O)CN(C)[C@H]2Cc1ccc(OC)c(OC)c1. The number of aromatic hydroxyl groups is 1. The molecule has 6 heteroatoms. The molecule has 2 N–H and O–H groups in total. The summed E-state index contributed by atoms with van der Waals surface area (Å²) in [5.41, 5.74) is 2.79. The Morgan fingerprint density at radius 3 is 2.31 bits per heavy atom. The van der Waals surface area contributed by atoms with Crippen molar-refractivity contribution in [3.05, 3.63) is 47.0 Å². The molecule has 26 heavy (non-hydrogen) atoms. The predicted molar refractivity (Wildman–Crippen MR) is 98.2 cm³/mol. The lowest BCUT2D eigenvalue weighted by Gasteiger charge is -2.37. The topological polar surface area (TPSA) is 71.4 Å². The molecule has 0 spiro atoms. The molecule has 2 aromatic rings. The Morgan fingerprint density at radius 2 is 1.65 bits per heavy atom. The van der Waals surface area contributed by atoms with E-state index in [4.69, 9.17) is 14.2 Å². The van der Waals surface area contributed by atoms with Crippen LogP contribution in [0.2, 0.25) is 0 Å². The molecule has 140 valence electrons. The zero-order valence-electron chi connectivity index (χ0n) is 15.5. The molecule has 1 heterocycles. The van der Waals surface area contributed by atoms with Crippen LogP contribution in [0.3, 0.4) is 0 Å². The normalized spacial score (nSPS) is 19.7. The number of likely N-dealkylation sites (N-methyl/N-ethyl adjacent to an activating group) is 1. The summed E-state index contributed by atoms with van der Waals surface area (Å²) in [6.45, 7) is 0.497. The van der Waals surface area contributed by atoms with E-state index in [1.807, 2.05) is 31.3 Å². The molecule has 2 atom stereocenters. The molecule has 2 aromatic carbocycles. The number of phenols is 1. The Bertz CT molecular complexity index is 792. The van der Waals surface area contributed by atoms with Crippen LogP contribution >= 0.6 is 0 Å². The maximum Gasteiger partial charge on any atom is 0.160 e. The van der Waals surface area contributed by atoms with E-state index >= 15 is 0 Å². The summed E-state index contributed by atoms with van der Waals surface area (Å²) in [5, 5.41) is 20.5. The number of rotatable bonds is 5. The summed E-state index contributed by atoms with van der Waals surface area (Å²) in [6, 6.07) is 9.33. The molecule has 0 aromatic heterocycles. The number of fused-ring (bicyclic) bond motifs is 1. The highest BCUT2D eigenvalue weighted by Gasteiger charge is 2.31. The van der Waals surface area contributed by atoms with Crippen LogP contribution in [0, 0.1) is 0 Å². The number of hydrogen-bond acceptors (Lipinski definition) is 6. The summed E-state index contributed by atoms with van der Waals surface area (Å²) >= 11 is 0. The summed E-state index contributed by atoms with van der Waals surface area (Å²) in [7, 11) is 6.74. The minimum Gasteiger partial charge on any atom is -0.504 e. The smallest absolute Gasteiger partial charge is 0.160 e. The van der Waals surface area contributed by atoms with Crippen LogP contribution in [0.5, 0.6) is 23.0 Å². The van der Waals surface area contributed by atoms with E-state index in [2.05, 4.69) is 4.90 Å². The van der Waals surface area contributed by atoms with Gasteiger partial charge in [-0.2, -0.15) is 0 Å². The van der Waals surface area contributed by atoms with Crippen LogP contribution in [0.1, 0.15) is 28.8 Å². The summed E-state index contributed by atoms with van der Waals surface area (Å²) in [4.78, 5) is 2.11. The van der Waals surface area contributed by atoms with Gasteiger partial charge >= 0.3 is 0 Å². The van der Waals surface area contributed by atoms with Gasteiger partial charge < -0.3 is 24.4 Å². The molecule has 3 rings (SSSR count). The molecule has 6 nitrogen and oxygen atoms in total. The predicted octanol–water partition coefficient (Wildman–Crippen LogP) is 2.68. The number of nitrogens with zero attached hydrogens (tertiary/aromatic N) is 1. The summed E-state index contributed by atoms with van der Waals surface area (Å²) < 4.78 is 16.0. The van der Waals surface area contributed by atoms with Crippen LogP contribution in [-0.2, 0) is 6.42 Å². The maximum absolute atomic E-state index is 10.4. The standard InChI is InChI=1S/C20H25NO5/c1-21-11-17(23)14-9-16(22)19(25-3)10-13(14)15(21)7-12-5-6-18(24-2)20(8-12)26-4/h5-6,8-10,15,17,22-23H,7,11H2,1-4H3/t15-,17-/m0/s1. The number of hydrogen-bond donors (Lipinski definition) is 2. The van der Waals surface area contributed by atoms with Crippen LogP contribution in [0.25, 0.3) is 0 Å². The van der Waals surface area contributed by atoms with Gasteiger partial charge in [-0.25, -0.2) is 0 Å². The van der Waals surface area contributed by atoms with Crippen molar-refractivity contribution >= 4 is 0 Å². The fourth-order valence-electron chi connectivity index (χ4n) is 3.57. The third kappa shape index (κ3) is 3.30. The van der Waals surface area contributed by atoms with E-state index in [-0.39, 0.29) is 11.8 Å². The van der Waals surface area contributed by atoms with Crippen LogP contribution in [0.15, 0.2) is 30.3 Å². The van der Waals surface area contributed by atoms with Crippen LogP contribution < -0.4 is 14.2 Å². The van der Waals surface area contributed by atoms with E-state index in [0.717, 1.165) is 23.1 Å². The van der Waals surface area contributed by atoms with Crippen molar-refractivity contribution < 1.29 is 24.4 Å². The molecule has 0 fully saturated rings. The van der Waals surface area contributed by atoms with Gasteiger partial charge in [0.15, 0.2) is 23.0 Å². The first-order valence-electron chi connectivity index (χ1n) is 8.48. The number of aliphatic hydroxyl groups excluding tert-OH is 1. The Hall–Kier alpha value is -2.44. The number of phenolic OH excluding ortho intramolecular Hbond substituents is 1. The van der Waals surface area contributed by atoms with E-state index in [0.29, 0.717) is 23.8 Å². The Balaban J connectivity index is 1.99. The third-order valence-electron chi connectivity index (χ3n) is 4.97. The van der Waals surface area contributed by atoms with Crippen molar-refractivity contribution in [2.24, 2.45) is 0 Å².